The number of hydrogen-bond acceptors (Lipinski definition) is 3. The molecule has 1 aromatic heterocycles. The van der Waals surface area contributed by atoms with Gasteiger partial charge in [0.15, 0.2) is 5.82 Å². The first-order chi connectivity index (χ1) is 16.7. The van der Waals surface area contributed by atoms with Crippen molar-refractivity contribution in [3.63, 3.8) is 0 Å². The van der Waals surface area contributed by atoms with E-state index in [1.54, 1.807) is 10.7 Å². The molecule has 3 aromatic carbocycles. The molecule has 0 aliphatic heterocycles. The van der Waals surface area contributed by atoms with Crippen LogP contribution in [-0.4, -0.2) is 15.7 Å². The van der Waals surface area contributed by atoms with E-state index in [2.05, 4.69) is 90.4 Å². The van der Waals surface area contributed by atoms with Crippen molar-refractivity contribution in [1.29, 1.82) is 0 Å². The first-order valence-corrected chi connectivity index (χ1v) is 12.4. The summed E-state index contributed by atoms with van der Waals surface area (Å²) in [5.74, 6) is 1.07. The van der Waals surface area contributed by atoms with Crippen molar-refractivity contribution >= 4 is 27.7 Å². The molecule has 6 heteroatoms. The Balaban J connectivity index is 1.38. The Morgan fingerprint density at radius 3 is 2.40 bits per heavy atom. The highest BCUT2D eigenvalue weighted by Gasteiger charge is 2.14. The van der Waals surface area contributed by atoms with E-state index >= 15 is 0 Å². The number of aromatic nitrogens is 2. The van der Waals surface area contributed by atoms with Crippen molar-refractivity contribution in [3.8, 4) is 5.75 Å². The molecule has 0 aliphatic carbocycles. The monoisotopic (exact) mass is 531 g/mol. The molecule has 5 nitrogen and oxygen atoms in total. The van der Waals surface area contributed by atoms with E-state index in [1.807, 2.05) is 36.5 Å². The van der Waals surface area contributed by atoms with E-state index in [0.717, 1.165) is 21.3 Å². The van der Waals surface area contributed by atoms with Crippen molar-refractivity contribution < 1.29 is 9.53 Å². The number of benzene rings is 3. The number of anilines is 1. The number of carbonyl (C=O) groups excluding carboxylic acids is 1. The molecule has 4 rings (SSSR count). The van der Waals surface area contributed by atoms with E-state index in [4.69, 9.17) is 4.74 Å². The van der Waals surface area contributed by atoms with Gasteiger partial charge in [-0.15, -0.1) is 0 Å². The summed E-state index contributed by atoms with van der Waals surface area (Å²) in [5.41, 5.74) is 5.19. The number of halogens is 1. The largest absolute Gasteiger partial charge is 0.489 e. The summed E-state index contributed by atoms with van der Waals surface area (Å²) in [7, 11) is 0. The highest BCUT2D eigenvalue weighted by atomic mass is 79.9. The average molecular weight is 532 g/mol. The third-order valence-electron chi connectivity index (χ3n) is 5.73. The summed E-state index contributed by atoms with van der Waals surface area (Å²) in [5, 5.41) is 7.43. The van der Waals surface area contributed by atoms with Crippen molar-refractivity contribution in [2.24, 2.45) is 0 Å². The predicted octanol–water partition coefficient (Wildman–Crippen LogP) is 7.13. The lowest BCUT2D eigenvalue weighted by Crippen LogP contribution is -2.13. The Kier molecular flexibility index (Phi) is 7.41. The zero-order chi connectivity index (χ0) is 25.0. The number of ether oxygens (including phenoxy) is 1. The number of hydrogen-bond donors (Lipinski definition) is 1. The van der Waals surface area contributed by atoms with Gasteiger partial charge in [0.2, 0.25) is 0 Å². The lowest BCUT2D eigenvalue weighted by molar-refractivity contribution is 0.102. The topological polar surface area (TPSA) is 56.2 Å². The standard InChI is InChI=1S/C29H30BrN3O2/c1-20-8-10-21(11-9-20)17-33-18-26(30)27(32-33)31-28(34)23-7-5-6-22(16-23)19-35-25-14-12-24(13-15-25)29(2,3)4/h5-16,18H,17,19H2,1-4H3,(H,31,32,34). The quantitative estimate of drug-likeness (QED) is 0.276. The van der Waals surface area contributed by atoms with Crippen molar-refractivity contribution in [3.05, 3.63) is 111 Å². The fraction of sp³-hybridized carbons (Fsp3) is 0.241. The zero-order valence-corrected chi connectivity index (χ0v) is 22.1. The number of amides is 1. The van der Waals surface area contributed by atoms with Gasteiger partial charge in [0.1, 0.15) is 12.4 Å². The molecule has 35 heavy (non-hydrogen) atoms. The molecule has 1 heterocycles. The van der Waals surface area contributed by atoms with E-state index in [9.17, 15) is 4.79 Å². The fourth-order valence-corrected chi connectivity index (χ4v) is 4.06. The van der Waals surface area contributed by atoms with Crippen molar-refractivity contribution in [1.82, 2.24) is 9.78 Å². The van der Waals surface area contributed by atoms with Crippen LogP contribution in [0.25, 0.3) is 0 Å². The number of rotatable bonds is 7. The average Bonchev–Trinajstić information content (AvgIpc) is 3.17. The van der Waals surface area contributed by atoms with Crippen molar-refractivity contribution in [2.45, 2.75) is 46.3 Å². The lowest BCUT2D eigenvalue weighted by Gasteiger charge is -2.19. The molecule has 1 amide bonds. The lowest BCUT2D eigenvalue weighted by atomic mass is 9.87. The SMILES string of the molecule is Cc1ccc(Cn2cc(Br)c(NC(=O)c3cccc(COc4ccc(C(C)(C)C)cc4)c3)n2)cc1. The highest BCUT2D eigenvalue weighted by molar-refractivity contribution is 9.10. The summed E-state index contributed by atoms with van der Waals surface area (Å²) < 4.78 is 8.48. The summed E-state index contributed by atoms with van der Waals surface area (Å²) in [6.07, 6.45) is 1.87. The molecule has 0 atom stereocenters. The van der Waals surface area contributed by atoms with Gasteiger partial charge < -0.3 is 10.1 Å². The van der Waals surface area contributed by atoms with Gasteiger partial charge in [0.25, 0.3) is 5.91 Å². The Labute approximate surface area is 215 Å². The van der Waals surface area contributed by atoms with Crippen LogP contribution in [0.4, 0.5) is 5.82 Å². The second-order valence-electron chi connectivity index (χ2n) is 9.73. The number of aryl methyl sites for hydroxylation is 1. The number of carbonyl (C=O) groups is 1. The minimum absolute atomic E-state index is 0.103. The van der Waals surface area contributed by atoms with E-state index in [-0.39, 0.29) is 11.3 Å². The van der Waals surface area contributed by atoms with Crippen LogP contribution >= 0.6 is 15.9 Å². The smallest absolute Gasteiger partial charge is 0.256 e. The van der Waals surface area contributed by atoms with Crippen LogP contribution in [0.15, 0.2) is 83.5 Å². The number of nitrogens with one attached hydrogen (secondary N) is 1. The summed E-state index contributed by atoms with van der Waals surface area (Å²) in [6.45, 7) is 9.63. The minimum atomic E-state index is -0.220. The maximum absolute atomic E-state index is 12.9. The molecule has 0 saturated heterocycles. The summed E-state index contributed by atoms with van der Waals surface area (Å²) >= 11 is 3.51. The van der Waals surface area contributed by atoms with Crippen LogP contribution < -0.4 is 10.1 Å². The maximum atomic E-state index is 12.9. The van der Waals surface area contributed by atoms with Crippen molar-refractivity contribution in [2.75, 3.05) is 5.32 Å². The Bertz CT molecular complexity index is 1300. The molecule has 4 aromatic rings. The van der Waals surface area contributed by atoms with Gasteiger partial charge in [-0.05, 0) is 69.2 Å². The van der Waals surface area contributed by atoms with Crippen LogP contribution in [0.1, 0.15) is 53.4 Å². The first-order valence-electron chi connectivity index (χ1n) is 11.6. The van der Waals surface area contributed by atoms with E-state index < -0.39 is 0 Å². The molecule has 1 N–H and O–H groups in total. The molecular weight excluding hydrogens is 502 g/mol. The van der Waals surface area contributed by atoms with Gasteiger partial charge in [-0.2, -0.15) is 5.10 Å². The maximum Gasteiger partial charge on any atom is 0.256 e. The Morgan fingerprint density at radius 2 is 1.71 bits per heavy atom. The van der Waals surface area contributed by atoms with Gasteiger partial charge in [0.05, 0.1) is 11.0 Å². The van der Waals surface area contributed by atoms with Crippen LogP contribution in [0, 0.1) is 6.92 Å². The fourth-order valence-electron chi connectivity index (χ4n) is 3.64. The number of nitrogens with zero attached hydrogens (tertiary/aromatic N) is 2. The second-order valence-corrected chi connectivity index (χ2v) is 10.6. The minimum Gasteiger partial charge on any atom is -0.489 e. The third kappa shape index (κ3) is 6.61. The molecule has 0 fully saturated rings. The van der Waals surface area contributed by atoms with Gasteiger partial charge in [-0.1, -0.05) is 74.9 Å². The second kappa shape index (κ2) is 10.5. The van der Waals surface area contributed by atoms with E-state index in [1.165, 1.54) is 11.1 Å². The van der Waals surface area contributed by atoms with Gasteiger partial charge in [-0.25, -0.2) is 0 Å². The third-order valence-corrected chi connectivity index (χ3v) is 6.31. The van der Waals surface area contributed by atoms with Gasteiger partial charge in [0, 0.05) is 11.8 Å². The molecular formula is C29H30BrN3O2. The normalized spacial score (nSPS) is 11.3. The van der Waals surface area contributed by atoms with Crippen LogP contribution in [0.5, 0.6) is 5.75 Å². The molecule has 0 bridgehead atoms. The van der Waals surface area contributed by atoms with Crippen LogP contribution in [0.3, 0.4) is 0 Å². The van der Waals surface area contributed by atoms with E-state index in [0.29, 0.717) is 24.5 Å². The van der Waals surface area contributed by atoms with Crippen LogP contribution in [0.2, 0.25) is 0 Å². The molecule has 0 aliphatic rings. The van der Waals surface area contributed by atoms with Gasteiger partial charge >= 0.3 is 0 Å². The highest BCUT2D eigenvalue weighted by Crippen LogP contribution is 2.25. The molecule has 180 valence electrons. The Morgan fingerprint density at radius 1 is 1.00 bits per heavy atom. The summed E-state index contributed by atoms with van der Waals surface area (Å²) in [6, 6.07) is 23.9. The molecule has 0 unspecified atom stereocenters. The van der Waals surface area contributed by atoms with Gasteiger partial charge in [-0.3, -0.25) is 9.48 Å². The predicted molar refractivity (Wildman–Crippen MR) is 144 cm³/mol. The molecule has 0 radical (unpaired) electrons. The first kappa shape index (κ1) is 24.7. The molecule has 0 saturated carbocycles. The Hall–Kier alpha value is -3.38. The van der Waals surface area contributed by atoms with Crippen LogP contribution in [-0.2, 0) is 18.6 Å². The molecule has 0 spiro atoms. The zero-order valence-electron chi connectivity index (χ0n) is 20.5. The summed E-state index contributed by atoms with van der Waals surface area (Å²) in [4.78, 5) is 12.9.